The van der Waals surface area contributed by atoms with Crippen molar-refractivity contribution in [2.75, 3.05) is 11.9 Å². The maximum absolute atomic E-state index is 12.0. The SMILES string of the molecule is CC(C)(C)c1ccc(NC(=O)COC(=O)c2ccc(Cl)c([N+](=O)[O-])c2)cc1. The molecule has 2 aromatic rings. The Hall–Kier alpha value is -2.93. The van der Waals surface area contributed by atoms with Crippen LogP contribution in [0.25, 0.3) is 0 Å². The van der Waals surface area contributed by atoms with Crippen LogP contribution >= 0.6 is 11.6 Å². The number of carbonyl (C=O) groups excluding carboxylic acids is 2. The fourth-order valence-electron chi connectivity index (χ4n) is 2.24. The summed E-state index contributed by atoms with van der Waals surface area (Å²) in [6.45, 7) is 5.74. The number of halogens is 1. The minimum atomic E-state index is -0.854. The first kappa shape index (κ1) is 20.4. The van der Waals surface area contributed by atoms with Crippen LogP contribution in [0.3, 0.4) is 0 Å². The van der Waals surface area contributed by atoms with E-state index in [1.807, 2.05) is 12.1 Å². The summed E-state index contributed by atoms with van der Waals surface area (Å²) in [5, 5.41) is 13.4. The summed E-state index contributed by atoms with van der Waals surface area (Å²) in [7, 11) is 0. The van der Waals surface area contributed by atoms with E-state index in [1.54, 1.807) is 12.1 Å². The van der Waals surface area contributed by atoms with Gasteiger partial charge in [-0.1, -0.05) is 44.5 Å². The smallest absolute Gasteiger partial charge is 0.338 e. The van der Waals surface area contributed by atoms with E-state index in [-0.39, 0.29) is 16.0 Å². The van der Waals surface area contributed by atoms with Crippen LogP contribution in [-0.2, 0) is 14.9 Å². The van der Waals surface area contributed by atoms with Gasteiger partial charge in [0.1, 0.15) is 5.02 Å². The lowest BCUT2D eigenvalue weighted by Crippen LogP contribution is -2.21. The van der Waals surface area contributed by atoms with E-state index in [9.17, 15) is 19.7 Å². The molecule has 1 N–H and O–H groups in total. The molecule has 2 aromatic carbocycles. The first-order valence-electron chi connectivity index (χ1n) is 8.09. The van der Waals surface area contributed by atoms with Crippen molar-refractivity contribution in [3.05, 3.63) is 68.7 Å². The van der Waals surface area contributed by atoms with Gasteiger partial charge in [0.2, 0.25) is 0 Å². The van der Waals surface area contributed by atoms with E-state index in [0.717, 1.165) is 11.6 Å². The third-order valence-corrected chi connectivity index (χ3v) is 4.07. The Morgan fingerprint density at radius 1 is 1.15 bits per heavy atom. The number of anilines is 1. The molecule has 7 nitrogen and oxygen atoms in total. The molecule has 0 fully saturated rings. The van der Waals surface area contributed by atoms with Crippen LogP contribution in [0.1, 0.15) is 36.7 Å². The van der Waals surface area contributed by atoms with E-state index in [0.29, 0.717) is 5.69 Å². The highest BCUT2D eigenvalue weighted by Crippen LogP contribution is 2.25. The molecule has 142 valence electrons. The molecule has 0 aromatic heterocycles. The predicted octanol–water partition coefficient (Wildman–Crippen LogP) is 4.34. The van der Waals surface area contributed by atoms with Crippen LogP contribution in [-0.4, -0.2) is 23.4 Å². The van der Waals surface area contributed by atoms with Crippen molar-refractivity contribution >= 4 is 34.9 Å². The molecule has 1 amide bonds. The molecule has 0 bridgehead atoms. The molecule has 0 aliphatic heterocycles. The van der Waals surface area contributed by atoms with Crippen molar-refractivity contribution in [3.63, 3.8) is 0 Å². The van der Waals surface area contributed by atoms with Gasteiger partial charge >= 0.3 is 5.97 Å². The van der Waals surface area contributed by atoms with Crippen LogP contribution in [0.15, 0.2) is 42.5 Å². The van der Waals surface area contributed by atoms with E-state index < -0.39 is 29.1 Å². The molecule has 0 saturated carbocycles. The van der Waals surface area contributed by atoms with Gasteiger partial charge in [0.15, 0.2) is 6.61 Å². The van der Waals surface area contributed by atoms with Crippen LogP contribution < -0.4 is 5.32 Å². The van der Waals surface area contributed by atoms with Gasteiger partial charge in [0, 0.05) is 11.8 Å². The molecule has 0 radical (unpaired) electrons. The van der Waals surface area contributed by atoms with Gasteiger partial charge in [-0.15, -0.1) is 0 Å². The van der Waals surface area contributed by atoms with Crippen molar-refractivity contribution in [1.29, 1.82) is 0 Å². The summed E-state index contributed by atoms with van der Waals surface area (Å²) in [6, 6.07) is 10.9. The molecule has 0 aliphatic carbocycles. The van der Waals surface area contributed by atoms with Crippen molar-refractivity contribution in [2.24, 2.45) is 0 Å². The molecular weight excluding hydrogens is 372 g/mol. The predicted molar refractivity (Wildman–Crippen MR) is 102 cm³/mol. The summed E-state index contributed by atoms with van der Waals surface area (Å²) in [5.41, 5.74) is 1.23. The van der Waals surface area contributed by atoms with Gasteiger partial charge in [-0.3, -0.25) is 14.9 Å². The fourth-order valence-corrected chi connectivity index (χ4v) is 2.43. The standard InChI is InChI=1S/C19H19ClN2O5/c1-19(2,3)13-5-7-14(8-6-13)21-17(23)11-27-18(24)12-4-9-15(20)16(10-12)22(25)26/h4-10H,11H2,1-3H3,(H,21,23). The van der Waals surface area contributed by atoms with Crippen molar-refractivity contribution < 1.29 is 19.2 Å². The molecular formula is C19H19ClN2O5. The van der Waals surface area contributed by atoms with Gasteiger partial charge in [-0.25, -0.2) is 4.79 Å². The van der Waals surface area contributed by atoms with E-state index >= 15 is 0 Å². The Morgan fingerprint density at radius 2 is 1.78 bits per heavy atom. The minimum absolute atomic E-state index is 0.000734. The number of hydrogen-bond donors (Lipinski definition) is 1. The second-order valence-corrected chi connectivity index (χ2v) is 7.28. The topological polar surface area (TPSA) is 98.5 Å². The highest BCUT2D eigenvalue weighted by atomic mass is 35.5. The van der Waals surface area contributed by atoms with Gasteiger partial charge < -0.3 is 10.1 Å². The van der Waals surface area contributed by atoms with Crippen molar-refractivity contribution in [1.82, 2.24) is 0 Å². The van der Waals surface area contributed by atoms with Gasteiger partial charge in [0.05, 0.1) is 10.5 Å². The quantitative estimate of drug-likeness (QED) is 0.465. The molecule has 0 unspecified atom stereocenters. The third-order valence-electron chi connectivity index (χ3n) is 3.75. The maximum Gasteiger partial charge on any atom is 0.338 e. The first-order chi connectivity index (χ1) is 12.6. The zero-order valence-electron chi connectivity index (χ0n) is 15.1. The zero-order chi connectivity index (χ0) is 20.2. The maximum atomic E-state index is 12.0. The van der Waals surface area contributed by atoms with Crippen LogP contribution in [0.4, 0.5) is 11.4 Å². The molecule has 0 atom stereocenters. The number of esters is 1. The number of ether oxygens (including phenoxy) is 1. The number of benzene rings is 2. The fraction of sp³-hybridized carbons (Fsp3) is 0.263. The summed E-state index contributed by atoms with van der Waals surface area (Å²) in [4.78, 5) is 34.1. The average molecular weight is 391 g/mol. The largest absolute Gasteiger partial charge is 0.452 e. The zero-order valence-corrected chi connectivity index (χ0v) is 15.9. The number of hydrogen-bond acceptors (Lipinski definition) is 5. The molecule has 2 rings (SSSR count). The number of nitro benzene ring substituents is 1. The normalized spacial score (nSPS) is 11.0. The van der Waals surface area contributed by atoms with E-state index in [1.165, 1.54) is 12.1 Å². The average Bonchev–Trinajstić information content (AvgIpc) is 2.59. The number of nitro groups is 1. The molecule has 8 heteroatoms. The van der Waals surface area contributed by atoms with Crippen LogP contribution in [0.2, 0.25) is 5.02 Å². The monoisotopic (exact) mass is 390 g/mol. The lowest BCUT2D eigenvalue weighted by molar-refractivity contribution is -0.384. The lowest BCUT2D eigenvalue weighted by Gasteiger charge is -2.19. The number of nitrogens with one attached hydrogen (secondary N) is 1. The molecule has 0 saturated heterocycles. The number of nitrogens with zero attached hydrogens (tertiary/aromatic N) is 1. The van der Waals surface area contributed by atoms with Gasteiger partial charge in [0.25, 0.3) is 11.6 Å². The highest BCUT2D eigenvalue weighted by molar-refractivity contribution is 6.32. The second-order valence-electron chi connectivity index (χ2n) is 6.87. The van der Waals surface area contributed by atoms with E-state index in [4.69, 9.17) is 16.3 Å². The molecule has 0 spiro atoms. The molecule has 0 aliphatic rings. The third kappa shape index (κ3) is 5.52. The summed E-state index contributed by atoms with van der Waals surface area (Å²) in [6.07, 6.45) is 0. The number of carbonyl (C=O) groups is 2. The number of amides is 1. The Labute approximate surface area is 161 Å². The molecule has 0 heterocycles. The Bertz CT molecular complexity index is 873. The minimum Gasteiger partial charge on any atom is -0.452 e. The van der Waals surface area contributed by atoms with Gasteiger partial charge in [-0.2, -0.15) is 0 Å². The van der Waals surface area contributed by atoms with Crippen LogP contribution in [0, 0.1) is 10.1 Å². The second kappa shape index (κ2) is 8.18. The molecule has 27 heavy (non-hydrogen) atoms. The lowest BCUT2D eigenvalue weighted by atomic mass is 9.87. The number of rotatable bonds is 5. The summed E-state index contributed by atoms with van der Waals surface area (Å²) < 4.78 is 4.90. The van der Waals surface area contributed by atoms with Crippen molar-refractivity contribution in [3.8, 4) is 0 Å². The van der Waals surface area contributed by atoms with Crippen LogP contribution in [0.5, 0.6) is 0 Å². The Morgan fingerprint density at radius 3 is 2.33 bits per heavy atom. The summed E-state index contributed by atoms with van der Waals surface area (Å²) in [5.74, 6) is -1.37. The Balaban J connectivity index is 1.94. The van der Waals surface area contributed by atoms with Gasteiger partial charge in [-0.05, 0) is 35.2 Å². The highest BCUT2D eigenvalue weighted by Gasteiger charge is 2.18. The van der Waals surface area contributed by atoms with E-state index in [2.05, 4.69) is 26.1 Å². The van der Waals surface area contributed by atoms with Crippen molar-refractivity contribution in [2.45, 2.75) is 26.2 Å². The Kier molecular flexibility index (Phi) is 6.17. The summed E-state index contributed by atoms with van der Waals surface area (Å²) >= 11 is 5.69. The first-order valence-corrected chi connectivity index (χ1v) is 8.47.